The highest BCUT2D eigenvalue weighted by atomic mass is 16.1. The summed E-state index contributed by atoms with van der Waals surface area (Å²) in [4.78, 5) is 17.5. The molecule has 1 N–H and O–H groups in total. The maximum absolute atomic E-state index is 12.9. The maximum Gasteiger partial charge on any atom is 0.252 e. The molecule has 24 heavy (non-hydrogen) atoms. The van der Waals surface area contributed by atoms with Crippen LogP contribution in [0.2, 0.25) is 0 Å². The van der Waals surface area contributed by atoms with Crippen LogP contribution in [0.1, 0.15) is 45.7 Å². The van der Waals surface area contributed by atoms with Gasteiger partial charge in [-0.1, -0.05) is 42.0 Å². The molecule has 0 aliphatic heterocycles. The number of aryl methyl sites for hydroxylation is 3. The van der Waals surface area contributed by atoms with Gasteiger partial charge in [0.05, 0.1) is 17.1 Å². The lowest BCUT2D eigenvalue weighted by Crippen LogP contribution is -2.27. The minimum atomic E-state index is -0.0631. The van der Waals surface area contributed by atoms with E-state index in [1.165, 1.54) is 0 Å². The number of carbonyl (C=O) groups excluding carboxylic acids is 1. The monoisotopic (exact) mass is 318 g/mol. The van der Waals surface area contributed by atoms with E-state index in [9.17, 15) is 4.79 Å². The first kappa shape index (κ1) is 16.2. The van der Waals surface area contributed by atoms with Crippen LogP contribution in [0, 0.1) is 20.8 Å². The summed E-state index contributed by atoms with van der Waals surface area (Å²) in [5, 5.41) is 4.02. The van der Waals surface area contributed by atoms with Crippen molar-refractivity contribution in [1.29, 1.82) is 0 Å². The summed E-state index contributed by atoms with van der Waals surface area (Å²) >= 11 is 0. The number of amides is 1. The van der Waals surface area contributed by atoms with Crippen molar-refractivity contribution in [2.75, 3.05) is 0 Å². The minimum absolute atomic E-state index is 0.0480. The topological polar surface area (TPSA) is 42.0 Å². The molecule has 0 fully saturated rings. The highest BCUT2D eigenvalue weighted by Crippen LogP contribution is 2.24. The first-order valence-electron chi connectivity index (χ1n) is 8.20. The van der Waals surface area contributed by atoms with Crippen LogP contribution in [0.15, 0.2) is 48.5 Å². The molecule has 122 valence electrons. The highest BCUT2D eigenvalue weighted by Gasteiger charge is 2.16. The van der Waals surface area contributed by atoms with Crippen LogP contribution < -0.4 is 5.32 Å². The Hall–Kier alpha value is -2.68. The number of carbonyl (C=O) groups is 1. The van der Waals surface area contributed by atoms with Crippen LogP contribution in [0.3, 0.4) is 0 Å². The van der Waals surface area contributed by atoms with Gasteiger partial charge in [0.25, 0.3) is 5.91 Å². The van der Waals surface area contributed by atoms with Crippen molar-refractivity contribution in [2.24, 2.45) is 0 Å². The molecule has 0 aliphatic rings. The molecular formula is C21H22N2O. The van der Waals surface area contributed by atoms with Crippen molar-refractivity contribution in [3.63, 3.8) is 0 Å². The van der Waals surface area contributed by atoms with Gasteiger partial charge in [-0.05, 0) is 51.0 Å². The molecule has 0 aliphatic carbocycles. The van der Waals surface area contributed by atoms with E-state index in [1.807, 2.05) is 70.2 Å². The third-order valence-corrected chi connectivity index (χ3v) is 4.27. The molecule has 0 saturated heterocycles. The summed E-state index contributed by atoms with van der Waals surface area (Å²) in [5.74, 6) is -0.0631. The number of hydrogen-bond donors (Lipinski definition) is 1. The molecule has 0 spiro atoms. The van der Waals surface area contributed by atoms with Crippen LogP contribution in [-0.2, 0) is 0 Å². The number of nitrogens with one attached hydrogen (secondary N) is 1. The SMILES string of the molecule is Cc1cc(C)c2nc(C)cc(C(=O)N[C@@H](C)c3ccccc3)c2c1. The van der Waals surface area contributed by atoms with Gasteiger partial charge in [0.1, 0.15) is 0 Å². The van der Waals surface area contributed by atoms with Gasteiger partial charge in [-0.2, -0.15) is 0 Å². The van der Waals surface area contributed by atoms with Gasteiger partial charge in [0.2, 0.25) is 0 Å². The molecule has 0 saturated carbocycles. The number of fused-ring (bicyclic) bond motifs is 1. The zero-order chi connectivity index (χ0) is 17.3. The van der Waals surface area contributed by atoms with Crippen molar-refractivity contribution in [3.8, 4) is 0 Å². The molecule has 1 aromatic heterocycles. The Morgan fingerprint density at radius 3 is 2.46 bits per heavy atom. The first-order chi connectivity index (χ1) is 11.5. The molecule has 3 rings (SSSR count). The lowest BCUT2D eigenvalue weighted by molar-refractivity contribution is 0.0941. The second kappa shape index (κ2) is 6.44. The van der Waals surface area contributed by atoms with Gasteiger partial charge in [-0.3, -0.25) is 9.78 Å². The number of nitrogens with zero attached hydrogens (tertiary/aromatic N) is 1. The number of benzene rings is 2. The van der Waals surface area contributed by atoms with E-state index in [0.717, 1.165) is 33.3 Å². The van der Waals surface area contributed by atoms with E-state index < -0.39 is 0 Å². The fourth-order valence-electron chi connectivity index (χ4n) is 3.10. The van der Waals surface area contributed by atoms with E-state index in [0.29, 0.717) is 5.56 Å². The van der Waals surface area contributed by atoms with Crippen LogP contribution in [-0.4, -0.2) is 10.9 Å². The Bertz CT molecular complexity index is 901. The highest BCUT2D eigenvalue weighted by molar-refractivity contribution is 6.07. The quantitative estimate of drug-likeness (QED) is 0.763. The van der Waals surface area contributed by atoms with E-state index in [-0.39, 0.29) is 11.9 Å². The average Bonchev–Trinajstić information content (AvgIpc) is 2.55. The molecule has 1 amide bonds. The van der Waals surface area contributed by atoms with Crippen molar-refractivity contribution in [1.82, 2.24) is 10.3 Å². The Morgan fingerprint density at radius 1 is 1.04 bits per heavy atom. The van der Waals surface area contributed by atoms with Crippen LogP contribution >= 0.6 is 0 Å². The van der Waals surface area contributed by atoms with Gasteiger partial charge in [0, 0.05) is 11.1 Å². The van der Waals surface area contributed by atoms with Gasteiger partial charge in [0.15, 0.2) is 0 Å². The minimum Gasteiger partial charge on any atom is -0.345 e. The van der Waals surface area contributed by atoms with Crippen molar-refractivity contribution in [3.05, 3.63) is 76.5 Å². The lowest BCUT2D eigenvalue weighted by atomic mass is 10.0. The van der Waals surface area contributed by atoms with Gasteiger partial charge < -0.3 is 5.32 Å². The van der Waals surface area contributed by atoms with Gasteiger partial charge >= 0.3 is 0 Å². The molecule has 3 aromatic rings. The molecule has 3 heteroatoms. The third-order valence-electron chi connectivity index (χ3n) is 4.27. The van der Waals surface area contributed by atoms with E-state index in [2.05, 4.69) is 16.4 Å². The Balaban J connectivity index is 2.01. The van der Waals surface area contributed by atoms with Crippen LogP contribution in [0.5, 0.6) is 0 Å². The molecule has 1 atom stereocenters. The van der Waals surface area contributed by atoms with Crippen LogP contribution in [0.4, 0.5) is 0 Å². The summed E-state index contributed by atoms with van der Waals surface area (Å²) in [6.07, 6.45) is 0. The van der Waals surface area contributed by atoms with E-state index in [1.54, 1.807) is 0 Å². The predicted octanol–water partition coefficient (Wildman–Crippen LogP) is 4.65. The van der Waals surface area contributed by atoms with Gasteiger partial charge in [-0.25, -0.2) is 0 Å². The zero-order valence-corrected chi connectivity index (χ0v) is 14.6. The van der Waals surface area contributed by atoms with Crippen molar-refractivity contribution >= 4 is 16.8 Å². The zero-order valence-electron chi connectivity index (χ0n) is 14.6. The van der Waals surface area contributed by atoms with E-state index in [4.69, 9.17) is 0 Å². The molecule has 0 unspecified atom stereocenters. The molecule has 1 heterocycles. The fraction of sp³-hybridized carbons (Fsp3) is 0.238. The molecule has 2 aromatic carbocycles. The summed E-state index contributed by atoms with van der Waals surface area (Å²) < 4.78 is 0. The Kier molecular flexibility index (Phi) is 4.34. The summed E-state index contributed by atoms with van der Waals surface area (Å²) in [5.41, 5.74) is 5.76. The first-order valence-corrected chi connectivity index (χ1v) is 8.20. The lowest BCUT2D eigenvalue weighted by Gasteiger charge is -2.16. The van der Waals surface area contributed by atoms with Crippen molar-refractivity contribution < 1.29 is 4.79 Å². The fourth-order valence-corrected chi connectivity index (χ4v) is 3.10. The number of hydrogen-bond acceptors (Lipinski definition) is 2. The second-order valence-electron chi connectivity index (χ2n) is 6.40. The Labute approximate surface area is 142 Å². The van der Waals surface area contributed by atoms with Gasteiger partial charge in [-0.15, -0.1) is 0 Å². The average molecular weight is 318 g/mol. The predicted molar refractivity (Wildman–Crippen MR) is 98.3 cm³/mol. The third kappa shape index (κ3) is 3.16. The van der Waals surface area contributed by atoms with E-state index >= 15 is 0 Å². The molecular weight excluding hydrogens is 296 g/mol. The Morgan fingerprint density at radius 2 is 1.75 bits per heavy atom. The van der Waals surface area contributed by atoms with Crippen LogP contribution in [0.25, 0.3) is 10.9 Å². The molecule has 0 radical (unpaired) electrons. The standard InChI is InChI=1S/C21H22N2O/c1-13-10-14(2)20-18(11-13)19(12-15(3)22-20)21(24)23-16(4)17-8-6-5-7-9-17/h5-12,16H,1-4H3,(H,23,24)/t16-/m0/s1. The molecule has 0 bridgehead atoms. The maximum atomic E-state index is 12.9. The number of pyridine rings is 1. The largest absolute Gasteiger partial charge is 0.345 e. The second-order valence-corrected chi connectivity index (χ2v) is 6.40. The van der Waals surface area contributed by atoms with Crippen molar-refractivity contribution in [2.45, 2.75) is 33.7 Å². The summed E-state index contributed by atoms with van der Waals surface area (Å²) in [7, 11) is 0. The normalized spacial score (nSPS) is 12.2. The number of aromatic nitrogens is 1. The summed E-state index contributed by atoms with van der Waals surface area (Å²) in [6, 6.07) is 15.9. The molecule has 3 nitrogen and oxygen atoms in total. The smallest absolute Gasteiger partial charge is 0.252 e. The summed E-state index contributed by atoms with van der Waals surface area (Å²) in [6.45, 7) is 8.01. The number of rotatable bonds is 3.